The molecule has 3 atom stereocenters. The number of ether oxygens (including phenoxy) is 2. The third kappa shape index (κ3) is 3.29. The van der Waals surface area contributed by atoms with Crippen molar-refractivity contribution < 1.29 is 14.3 Å². The zero-order valence-electron chi connectivity index (χ0n) is 12.2. The van der Waals surface area contributed by atoms with E-state index in [1.807, 2.05) is 38.2 Å². The minimum absolute atomic E-state index is 0.0252. The molecule has 5 nitrogen and oxygen atoms in total. The fourth-order valence-corrected chi connectivity index (χ4v) is 2.41. The van der Waals surface area contributed by atoms with Crippen LogP contribution in [0.4, 0.5) is 0 Å². The highest BCUT2D eigenvalue weighted by atomic mass is 16.5. The van der Waals surface area contributed by atoms with E-state index in [9.17, 15) is 4.79 Å². The van der Waals surface area contributed by atoms with Crippen LogP contribution in [0.25, 0.3) is 0 Å². The van der Waals surface area contributed by atoms with E-state index in [1.165, 1.54) is 0 Å². The number of hydrogen-bond donors (Lipinski definition) is 2. The van der Waals surface area contributed by atoms with Crippen LogP contribution >= 0.6 is 0 Å². The van der Waals surface area contributed by atoms with Gasteiger partial charge in [-0.3, -0.25) is 4.79 Å². The number of likely N-dealkylation sites (N-methyl/N-ethyl adjacent to an activating group) is 1. The number of carbonyl (C=O) groups excluding carboxylic acids is 1. The van der Waals surface area contributed by atoms with Crippen LogP contribution in [-0.2, 0) is 9.53 Å². The summed E-state index contributed by atoms with van der Waals surface area (Å²) in [5.74, 6) is 0.686. The first-order chi connectivity index (χ1) is 9.65. The van der Waals surface area contributed by atoms with Crippen LogP contribution in [-0.4, -0.2) is 39.3 Å². The summed E-state index contributed by atoms with van der Waals surface area (Å²) in [4.78, 5) is 12.3. The molecule has 0 aromatic heterocycles. The molecule has 1 heterocycles. The Morgan fingerprint density at radius 2 is 2.25 bits per heavy atom. The Hall–Kier alpha value is -1.59. The summed E-state index contributed by atoms with van der Waals surface area (Å²) >= 11 is 0. The minimum atomic E-state index is -0.131. The number of benzene rings is 1. The molecular formula is C15H22N2O3. The number of nitrogens with one attached hydrogen (secondary N) is 2. The lowest BCUT2D eigenvalue weighted by molar-refractivity contribution is -0.126. The van der Waals surface area contributed by atoms with Gasteiger partial charge < -0.3 is 20.1 Å². The van der Waals surface area contributed by atoms with Gasteiger partial charge in [0.15, 0.2) is 0 Å². The Balaban J connectivity index is 1.99. The van der Waals surface area contributed by atoms with E-state index < -0.39 is 0 Å². The normalized spacial score (nSPS) is 23.4. The molecule has 1 aromatic rings. The van der Waals surface area contributed by atoms with Crippen molar-refractivity contribution in [1.82, 2.24) is 10.6 Å². The maximum Gasteiger partial charge on any atom is 0.227 e. The van der Waals surface area contributed by atoms with Gasteiger partial charge in [0.05, 0.1) is 32.3 Å². The number of amides is 1. The molecule has 0 spiro atoms. The molecule has 2 unspecified atom stereocenters. The van der Waals surface area contributed by atoms with Crippen molar-refractivity contribution in [3.63, 3.8) is 0 Å². The molecule has 1 aliphatic rings. The maximum absolute atomic E-state index is 12.3. The second-order valence-electron chi connectivity index (χ2n) is 5.05. The fourth-order valence-electron chi connectivity index (χ4n) is 2.41. The number of carbonyl (C=O) groups is 1. The average Bonchev–Trinajstić information content (AvgIpc) is 2.95. The standard InChI is InChI=1S/C15H22N2O3/c1-10(11-5-4-6-12(7-11)19-3)17-15(18)13-8-20-9-14(13)16-2/h4-7,10,13-14,16H,8-9H2,1-3H3,(H,17,18)/t10-,13?,14?/m1/s1. The van der Waals surface area contributed by atoms with Gasteiger partial charge in [-0.15, -0.1) is 0 Å². The zero-order valence-corrected chi connectivity index (χ0v) is 12.2. The molecule has 0 saturated carbocycles. The lowest BCUT2D eigenvalue weighted by atomic mass is 10.0. The fraction of sp³-hybridized carbons (Fsp3) is 0.533. The molecule has 20 heavy (non-hydrogen) atoms. The first kappa shape index (κ1) is 14.8. The summed E-state index contributed by atoms with van der Waals surface area (Å²) < 4.78 is 10.6. The molecule has 2 N–H and O–H groups in total. The van der Waals surface area contributed by atoms with Crippen molar-refractivity contribution in [1.29, 1.82) is 0 Å². The van der Waals surface area contributed by atoms with E-state index in [2.05, 4.69) is 10.6 Å². The van der Waals surface area contributed by atoms with Crippen LogP contribution in [0.5, 0.6) is 5.75 Å². The van der Waals surface area contributed by atoms with Gasteiger partial charge in [-0.25, -0.2) is 0 Å². The molecular weight excluding hydrogens is 256 g/mol. The number of rotatable bonds is 5. The molecule has 110 valence electrons. The van der Waals surface area contributed by atoms with E-state index in [-0.39, 0.29) is 23.9 Å². The van der Waals surface area contributed by atoms with Crippen molar-refractivity contribution in [2.75, 3.05) is 27.4 Å². The molecule has 5 heteroatoms. The summed E-state index contributed by atoms with van der Waals surface area (Å²) in [6, 6.07) is 7.76. The second-order valence-corrected chi connectivity index (χ2v) is 5.05. The Kier molecular flexibility index (Phi) is 4.98. The van der Waals surface area contributed by atoms with Gasteiger partial charge in [-0.1, -0.05) is 12.1 Å². The molecule has 0 bridgehead atoms. The molecule has 1 amide bonds. The third-order valence-electron chi connectivity index (χ3n) is 3.74. The van der Waals surface area contributed by atoms with Crippen LogP contribution in [0.1, 0.15) is 18.5 Å². The molecule has 0 aliphatic carbocycles. The third-order valence-corrected chi connectivity index (χ3v) is 3.74. The average molecular weight is 278 g/mol. The van der Waals surface area contributed by atoms with Crippen molar-refractivity contribution in [3.05, 3.63) is 29.8 Å². The summed E-state index contributed by atoms with van der Waals surface area (Å²) in [5, 5.41) is 6.16. The highest BCUT2D eigenvalue weighted by Crippen LogP contribution is 2.20. The van der Waals surface area contributed by atoms with Crippen LogP contribution < -0.4 is 15.4 Å². The van der Waals surface area contributed by atoms with E-state index >= 15 is 0 Å². The summed E-state index contributed by atoms with van der Waals surface area (Å²) in [5.41, 5.74) is 1.03. The van der Waals surface area contributed by atoms with Crippen LogP contribution in [0.2, 0.25) is 0 Å². The second kappa shape index (κ2) is 6.72. The van der Waals surface area contributed by atoms with Gasteiger partial charge in [0.25, 0.3) is 0 Å². The topological polar surface area (TPSA) is 59.6 Å². The molecule has 1 aromatic carbocycles. The van der Waals surface area contributed by atoms with Crippen molar-refractivity contribution in [2.24, 2.45) is 5.92 Å². The van der Waals surface area contributed by atoms with Crippen LogP contribution in [0.3, 0.4) is 0 Å². The summed E-state index contributed by atoms with van der Waals surface area (Å²) in [6.07, 6.45) is 0. The Morgan fingerprint density at radius 3 is 2.95 bits per heavy atom. The predicted octanol–water partition coefficient (Wildman–Crippen LogP) is 1.11. The Labute approximate surface area is 119 Å². The smallest absolute Gasteiger partial charge is 0.227 e. The first-order valence-corrected chi connectivity index (χ1v) is 6.85. The molecule has 0 radical (unpaired) electrons. The van der Waals surface area contributed by atoms with E-state index in [0.29, 0.717) is 13.2 Å². The minimum Gasteiger partial charge on any atom is -0.497 e. The molecule has 1 aliphatic heterocycles. The van der Waals surface area contributed by atoms with E-state index in [0.717, 1.165) is 11.3 Å². The van der Waals surface area contributed by atoms with E-state index in [4.69, 9.17) is 9.47 Å². The quantitative estimate of drug-likeness (QED) is 0.847. The highest BCUT2D eigenvalue weighted by molar-refractivity contribution is 5.80. The Morgan fingerprint density at radius 1 is 1.45 bits per heavy atom. The highest BCUT2D eigenvalue weighted by Gasteiger charge is 2.33. The van der Waals surface area contributed by atoms with E-state index in [1.54, 1.807) is 7.11 Å². The summed E-state index contributed by atoms with van der Waals surface area (Å²) in [7, 11) is 3.49. The van der Waals surface area contributed by atoms with Gasteiger partial charge in [0.2, 0.25) is 5.91 Å². The number of hydrogen-bond acceptors (Lipinski definition) is 4. The zero-order chi connectivity index (χ0) is 14.5. The van der Waals surface area contributed by atoms with Crippen LogP contribution in [0.15, 0.2) is 24.3 Å². The van der Waals surface area contributed by atoms with Crippen molar-refractivity contribution in [3.8, 4) is 5.75 Å². The lowest BCUT2D eigenvalue weighted by Gasteiger charge is -2.20. The van der Waals surface area contributed by atoms with Gasteiger partial charge in [-0.2, -0.15) is 0 Å². The first-order valence-electron chi connectivity index (χ1n) is 6.85. The lowest BCUT2D eigenvalue weighted by Crippen LogP contribution is -2.43. The SMILES string of the molecule is CNC1COCC1C(=O)N[C@H](C)c1cccc(OC)c1. The van der Waals surface area contributed by atoms with Crippen molar-refractivity contribution in [2.45, 2.75) is 19.0 Å². The van der Waals surface area contributed by atoms with Gasteiger partial charge in [0.1, 0.15) is 5.75 Å². The maximum atomic E-state index is 12.3. The monoisotopic (exact) mass is 278 g/mol. The Bertz CT molecular complexity index is 464. The number of methoxy groups -OCH3 is 1. The van der Waals surface area contributed by atoms with Crippen LogP contribution in [0, 0.1) is 5.92 Å². The van der Waals surface area contributed by atoms with Crippen molar-refractivity contribution >= 4 is 5.91 Å². The molecule has 1 fully saturated rings. The largest absolute Gasteiger partial charge is 0.497 e. The molecule has 2 rings (SSSR count). The summed E-state index contributed by atoms with van der Waals surface area (Å²) in [6.45, 7) is 3.03. The molecule has 1 saturated heterocycles. The van der Waals surface area contributed by atoms with Gasteiger partial charge >= 0.3 is 0 Å². The van der Waals surface area contributed by atoms with Gasteiger partial charge in [-0.05, 0) is 31.7 Å². The van der Waals surface area contributed by atoms with Gasteiger partial charge in [0, 0.05) is 6.04 Å². The predicted molar refractivity (Wildman–Crippen MR) is 76.7 cm³/mol.